The number of ether oxygens (including phenoxy) is 1. The van der Waals surface area contributed by atoms with Crippen LogP contribution in [0.25, 0.3) is 0 Å². The molecule has 0 saturated heterocycles. The molecule has 0 saturated carbocycles. The summed E-state index contributed by atoms with van der Waals surface area (Å²) >= 11 is 1.43. The van der Waals surface area contributed by atoms with Crippen LogP contribution < -0.4 is 21.1 Å². The lowest BCUT2D eigenvalue weighted by Gasteiger charge is -2.16. The highest BCUT2D eigenvalue weighted by Crippen LogP contribution is 2.38. The van der Waals surface area contributed by atoms with Crippen molar-refractivity contribution >= 4 is 39.7 Å². The quantitative estimate of drug-likeness (QED) is 0.432. The van der Waals surface area contributed by atoms with Crippen molar-refractivity contribution in [2.24, 2.45) is 5.73 Å². The van der Waals surface area contributed by atoms with Crippen LogP contribution in [0.2, 0.25) is 0 Å². The lowest BCUT2D eigenvalue weighted by atomic mass is 9.95. The van der Waals surface area contributed by atoms with Crippen LogP contribution in [0.1, 0.15) is 62.0 Å². The van der Waals surface area contributed by atoms with Crippen molar-refractivity contribution in [2.75, 3.05) is 10.6 Å². The van der Waals surface area contributed by atoms with E-state index in [4.69, 9.17) is 10.5 Å². The minimum Gasteiger partial charge on any atom is -0.481 e. The van der Waals surface area contributed by atoms with Gasteiger partial charge in [-0.15, -0.1) is 11.3 Å². The van der Waals surface area contributed by atoms with Gasteiger partial charge in [-0.25, -0.2) is 0 Å². The number of benzene rings is 2. The predicted octanol–water partition coefficient (Wildman–Crippen LogP) is 5.00. The zero-order valence-electron chi connectivity index (χ0n) is 20.1. The molecule has 4 rings (SSSR count). The number of hydrogen-bond donors (Lipinski definition) is 3. The first-order valence-corrected chi connectivity index (χ1v) is 12.4. The maximum absolute atomic E-state index is 12.8. The SMILES string of the molecule is Cc1ccc(C)c(NC(=O)[C@H](C)Oc2ccc(C(=O)Nc3sc4c(c3C(N)=O)CCCC4)cc2)c1. The van der Waals surface area contributed by atoms with Gasteiger partial charge >= 0.3 is 0 Å². The summed E-state index contributed by atoms with van der Waals surface area (Å²) in [4.78, 5) is 38.6. The van der Waals surface area contributed by atoms with Crippen LogP contribution in [-0.4, -0.2) is 23.8 Å². The predicted molar refractivity (Wildman–Crippen MR) is 139 cm³/mol. The average Bonchev–Trinajstić information content (AvgIpc) is 3.19. The highest BCUT2D eigenvalue weighted by Gasteiger charge is 2.25. The number of primary amides is 1. The monoisotopic (exact) mass is 491 g/mol. The summed E-state index contributed by atoms with van der Waals surface area (Å²) in [6.07, 6.45) is 3.06. The number of nitrogens with two attached hydrogens (primary N) is 1. The molecular formula is C27H29N3O4S. The van der Waals surface area contributed by atoms with E-state index in [1.807, 2.05) is 32.0 Å². The number of aryl methyl sites for hydroxylation is 3. The molecule has 0 unspecified atom stereocenters. The second-order valence-electron chi connectivity index (χ2n) is 8.83. The van der Waals surface area contributed by atoms with E-state index in [1.165, 1.54) is 11.3 Å². The van der Waals surface area contributed by atoms with E-state index in [9.17, 15) is 14.4 Å². The Bertz CT molecular complexity index is 1280. The number of anilines is 2. The Morgan fingerprint density at radius 1 is 1.00 bits per heavy atom. The third-order valence-electron chi connectivity index (χ3n) is 6.09. The molecule has 1 aliphatic rings. The van der Waals surface area contributed by atoms with Gasteiger partial charge in [0.2, 0.25) is 0 Å². The van der Waals surface area contributed by atoms with Crippen molar-refractivity contribution in [3.8, 4) is 5.75 Å². The first kappa shape index (κ1) is 24.5. The van der Waals surface area contributed by atoms with Crippen LogP contribution in [0.15, 0.2) is 42.5 Å². The molecule has 0 aliphatic heterocycles. The van der Waals surface area contributed by atoms with Gasteiger partial charge in [0.1, 0.15) is 10.8 Å². The minimum absolute atomic E-state index is 0.263. The second kappa shape index (κ2) is 10.3. The molecule has 3 aromatic rings. The van der Waals surface area contributed by atoms with Gasteiger partial charge in [-0.05, 0) is 93.5 Å². The molecule has 1 aromatic heterocycles. The van der Waals surface area contributed by atoms with Crippen molar-refractivity contribution in [1.82, 2.24) is 0 Å². The Balaban J connectivity index is 1.40. The first-order valence-electron chi connectivity index (χ1n) is 11.6. The fourth-order valence-electron chi connectivity index (χ4n) is 4.14. The summed E-state index contributed by atoms with van der Waals surface area (Å²) in [5.41, 5.74) is 10.2. The molecule has 1 aliphatic carbocycles. The van der Waals surface area contributed by atoms with E-state index in [-0.39, 0.29) is 11.8 Å². The molecule has 2 aromatic carbocycles. The number of fused-ring (bicyclic) bond motifs is 1. The summed E-state index contributed by atoms with van der Waals surface area (Å²) in [5.74, 6) is -0.648. The Morgan fingerprint density at radius 3 is 2.43 bits per heavy atom. The molecule has 3 amide bonds. The van der Waals surface area contributed by atoms with Crippen molar-refractivity contribution in [3.63, 3.8) is 0 Å². The number of nitrogens with one attached hydrogen (secondary N) is 2. The molecule has 0 bridgehead atoms. The van der Waals surface area contributed by atoms with Gasteiger partial charge in [-0.2, -0.15) is 0 Å². The number of carbonyl (C=O) groups is 3. The zero-order valence-corrected chi connectivity index (χ0v) is 20.9. The van der Waals surface area contributed by atoms with E-state index in [2.05, 4.69) is 10.6 Å². The number of thiophene rings is 1. The largest absolute Gasteiger partial charge is 0.481 e. The Morgan fingerprint density at radius 2 is 1.71 bits per heavy atom. The third-order valence-corrected chi connectivity index (χ3v) is 7.30. The number of amides is 3. The molecule has 1 heterocycles. The summed E-state index contributed by atoms with van der Waals surface area (Å²) < 4.78 is 5.77. The number of rotatable bonds is 7. The van der Waals surface area contributed by atoms with Crippen molar-refractivity contribution < 1.29 is 19.1 Å². The summed E-state index contributed by atoms with van der Waals surface area (Å²) in [5, 5.41) is 6.26. The molecule has 8 heteroatoms. The Hall–Kier alpha value is -3.65. The van der Waals surface area contributed by atoms with E-state index in [1.54, 1.807) is 31.2 Å². The smallest absolute Gasteiger partial charge is 0.265 e. The lowest BCUT2D eigenvalue weighted by molar-refractivity contribution is -0.122. The molecule has 182 valence electrons. The van der Waals surface area contributed by atoms with E-state index in [0.29, 0.717) is 21.9 Å². The first-order chi connectivity index (χ1) is 16.7. The van der Waals surface area contributed by atoms with E-state index >= 15 is 0 Å². The highest BCUT2D eigenvalue weighted by molar-refractivity contribution is 7.17. The third kappa shape index (κ3) is 5.54. The number of hydrogen-bond acceptors (Lipinski definition) is 5. The maximum Gasteiger partial charge on any atom is 0.265 e. The number of carbonyl (C=O) groups excluding carboxylic acids is 3. The van der Waals surface area contributed by atoms with Gasteiger partial charge in [-0.1, -0.05) is 12.1 Å². The van der Waals surface area contributed by atoms with Crippen molar-refractivity contribution in [2.45, 2.75) is 52.6 Å². The van der Waals surface area contributed by atoms with Gasteiger partial charge in [0.15, 0.2) is 6.10 Å². The van der Waals surface area contributed by atoms with Gasteiger partial charge in [0, 0.05) is 16.1 Å². The fourth-order valence-corrected chi connectivity index (χ4v) is 5.43. The molecule has 0 fully saturated rings. The average molecular weight is 492 g/mol. The molecule has 4 N–H and O–H groups in total. The van der Waals surface area contributed by atoms with E-state index < -0.39 is 12.0 Å². The van der Waals surface area contributed by atoms with Gasteiger partial charge in [0.25, 0.3) is 17.7 Å². The summed E-state index contributed by atoms with van der Waals surface area (Å²) in [6.45, 7) is 5.57. The van der Waals surface area contributed by atoms with E-state index in [0.717, 1.165) is 52.9 Å². The van der Waals surface area contributed by atoms with Crippen molar-refractivity contribution in [1.29, 1.82) is 0 Å². The molecule has 0 radical (unpaired) electrons. The van der Waals surface area contributed by atoms with Gasteiger partial charge in [0.05, 0.1) is 5.56 Å². The zero-order chi connectivity index (χ0) is 25.1. The summed E-state index contributed by atoms with van der Waals surface area (Å²) in [7, 11) is 0. The van der Waals surface area contributed by atoms with Gasteiger partial charge < -0.3 is 21.1 Å². The normalized spacial score (nSPS) is 13.5. The van der Waals surface area contributed by atoms with Crippen LogP contribution in [-0.2, 0) is 17.6 Å². The molecule has 0 spiro atoms. The van der Waals surface area contributed by atoms with Gasteiger partial charge in [-0.3, -0.25) is 14.4 Å². The molecular weight excluding hydrogens is 462 g/mol. The topological polar surface area (TPSA) is 111 Å². The second-order valence-corrected chi connectivity index (χ2v) is 9.93. The Labute approximate surface area is 208 Å². The van der Waals surface area contributed by atoms with Crippen LogP contribution in [0.3, 0.4) is 0 Å². The van der Waals surface area contributed by atoms with Crippen LogP contribution in [0.5, 0.6) is 5.75 Å². The lowest BCUT2D eigenvalue weighted by Crippen LogP contribution is -2.30. The minimum atomic E-state index is -0.731. The van der Waals surface area contributed by atoms with Crippen LogP contribution in [0, 0.1) is 13.8 Å². The molecule has 7 nitrogen and oxygen atoms in total. The van der Waals surface area contributed by atoms with Crippen molar-refractivity contribution in [3.05, 3.63) is 75.2 Å². The molecule has 1 atom stereocenters. The summed E-state index contributed by atoms with van der Waals surface area (Å²) in [6, 6.07) is 12.4. The highest BCUT2D eigenvalue weighted by atomic mass is 32.1. The van der Waals surface area contributed by atoms with Crippen LogP contribution >= 0.6 is 11.3 Å². The fraction of sp³-hybridized carbons (Fsp3) is 0.296. The molecule has 35 heavy (non-hydrogen) atoms. The van der Waals surface area contributed by atoms with Crippen LogP contribution in [0.4, 0.5) is 10.7 Å². The standard InChI is InChI=1S/C27H29N3O4S/c1-15-8-9-16(2)21(14-15)29-25(32)17(3)34-19-12-10-18(11-13-19)26(33)30-27-23(24(28)31)20-6-4-5-7-22(20)35-27/h8-14,17H,4-7H2,1-3H3,(H2,28,31)(H,29,32)(H,30,33)/t17-/m0/s1. The Kier molecular flexibility index (Phi) is 7.21. The maximum atomic E-state index is 12.8.